The SMILES string of the molecule is CC1CC1C(=O)N1CCN(S(=O)(=O)c2cccc3nsnc23)CC1. The van der Waals surface area contributed by atoms with Crippen molar-refractivity contribution in [3.05, 3.63) is 18.2 Å². The first-order chi connectivity index (χ1) is 11.5. The van der Waals surface area contributed by atoms with E-state index < -0.39 is 10.0 Å². The number of carbonyl (C=O) groups excluding carboxylic acids is 1. The molecule has 7 nitrogen and oxygen atoms in total. The van der Waals surface area contributed by atoms with Crippen LogP contribution in [0.3, 0.4) is 0 Å². The minimum atomic E-state index is -3.62. The monoisotopic (exact) mass is 366 g/mol. The summed E-state index contributed by atoms with van der Waals surface area (Å²) in [4.78, 5) is 14.3. The third kappa shape index (κ3) is 2.60. The Labute approximate surface area is 144 Å². The van der Waals surface area contributed by atoms with E-state index in [-0.39, 0.29) is 16.7 Å². The maximum absolute atomic E-state index is 12.9. The maximum atomic E-state index is 12.9. The summed E-state index contributed by atoms with van der Waals surface area (Å²) >= 11 is 1.01. The number of hydrogen-bond acceptors (Lipinski definition) is 6. The molecule has 1 aliphatic carbocycles. The van der Waals surface area contributed by atoms with Gasteiger partial charge in [-0.2, -0.15) is 13.1 Å². The van der Waals surface area contributed by atoms with Gasteiger partial charge in [-0.15, -0.1) is 0 Å². The summed E-state index contributed by atoms with van der Waals surface area (Å²) in [6.07, 6.45) is 0.955. The first-order valence-electron chi connectivity index (χ1n) is 7.98. The third-order valence-corrected chi connectivity index (χ3v) is 7.32. The Morgan fingerprint density at radius 3 is 2.58 bits per heavy atom. The zero-order chi connectivity index (χ0) is 16.9. The summed E-state index contributed by atoms with van der Waals surface area (Å²) in [6.45, 7) is 3.62. The van der Waals surface area contributed by atoms with Gasteiger partial charge >= 0.3 is 0 Å². The van der Waals surface area contributed by atoms with Crippen molar-refractivity contribution in [2.75, 3.05) is 26.2 Å². The van der Waals surface area contributed by atoms with Crippen molar-refractivity contribution >= 4 is 38.7 Å². The molecule has 128 valence electrons. The highest BCUT2D eigenvalue weighted by molar-refractivity contribution is 7.89. The van der Waals surface area contributed by atoms with Gasteiger partial charge in [0, 0.05) is 32.1 Å². The Morgan fingerprint density at radius 2 is 1.92 bits per heavy atom. The Kier molecular flexibility index (Phi) is 3.81. The number of sulfonamides is 1. The average Bonchev–Trinajstić information content (AvgIpc) is 3.12. The van der Waals surface area contributed by atoms with Gasteiger partial charge in [-0.3, -0.25) is 4.79 Å². The molecule has 1 aromatic heterocycles. The molecule has 2 aliphatic rings. The van der Waals surface area contributed by atoms with Gasteiger partial charge in [0.15, 0.2) is 0 Å². The second-order valence-corrected chi connectivity index (χ2v) is 8.87. The van der Waals surface area contributed by atoms with Crippen LogP contribution in [-0.2, 0) is 14.8 Å². The predicted octanol–water partition coefficient (Wildman–Crippen LogP) is 1.18. The number of amides is 1. The van der Waals surface area contributed by atoms with Crippen molar-refractivity contribution in [1.29, 1.82) is 0 Å². The van der Waals surface area contributed by atoms with E-state index in [0.29, 0.717) is 43.1 Å². The zero-order valence-electron chi connectivity index (χ0n) is 13.3. The van der Waals surface area contributed by atoms with E-state index in [9.17, 15) is 13.2 Å². The Balaban J connectivity index is 1.52. The summed E-state index contributed by atoms with van der Waals surface area (Å²) < 4.78 is 35.5. The lowest BCUT2D eigenvalue weighted by molar-refractivity contribution is -0.134. The summed E-state index contributed by atoms with van der Waals surface area (Å²) in [5.41, 5.74) is 1.02. The molecule has 0 radical (unpaired) electrons. The second-order valence-electron chi connectivity index (χ2n) is 6.44. The van der Waals surface area contributed by atoms with Crippen LogP contribution in [0.1, 0.15) is 13.3 Å². The van der Waals surface area contributed by atoms with Gasteiger partial charge in [-0.25, -0.2) is 8.42 Å². The van der Waals surface area contributed by atoms with Crippen LogP contribution >= 0.6 is 11.7 Å². The number of hydrogen-bond donors (Lipinski definition) is 0. The van der Waals surface area contributed by atoms with E-state index in [4.69, 9.17) is 0 Å². The van der Waals surface area contributed by atoms with Gasteiger partial charge in [0.1, 0.15) is 15.9 Å². The van der Waals surface area contributed by atoms with Gasteiger partial charge in [-0.1, -0.05) is 13.0 Å². The standard InChI is InChI=1S/C15H18N4O3S2/c1-10-9-11(10)15(20)18-5-7-19(8-6-18)24(21,22)13-4-2-3-12-14(13)17-23-16-12/h2-4,10-11H,5-9H2,1H3. The first kappa shape index (κ1) is 15.9. The molecular weight excluding hydrogens is 348 g/mol. The van der Waals surface area contributed by atoms with E-state index in [1.54, 1.807) is 23.1 Å². The fourth-order valence-electron chi connectivity index (χ4n) is 3.18. The molecule has 2 heterocycles. The normalized spacial score (nSPS) is 25.1. The number of fused-ring (bicyclic) bond motifs is 1. The van der Waals surface area contributed by atoms with E-state index >= 15 is 0 Å². The van der Waals surface area contributed by atoms with Crippen LogP contribution in [0, 0.1) is 11.8 Å². The highest BCUT2D eigenvalue weighted by Gasteiger charge is 2.42. The van der Waals surface area contributed by atoms with Crippen molar-refractivity contribution in [1.82, 2.24) is 18.0 Å². The predicted molar refractivity (Wildman–Crippen MR) is 90.0 cm³/mol. The molecular formula is C15H18N4O3S2. The Morgan fingerprint density at radius 1 is 1.21 bits per heavy atom. The Bertz CT molecular complexity index is 887. The van der Waals surface area contributed by atoms with Crippen LogP contribution in [0.2, 0.25) is 0 Å². The average molecular weight is 366 g/mol. The summed E-state index contributed by atoms with van der Waals surface area (Å²) in [5, 5.41) is 0. The first-order valence-corrected chi connectivity index (χ1v) is 10.2. The summed E-state index contributed by atoms with van der Waals surface area (Å²) in [7, 11) is -3.62. The highest BCUT2D eigenvalue weighted by atomic mass is 32.2. The number of nitrogens with zero attached hydrogens (tertiary/aromatic N) is 4. The molecule has 2 fully saturated rings. The Hall–Kier alpha value is -1.58. The van der Waals surface area contributed by atoms with Crippen LogP contribution in [0.25, 0.3) is 11.0 Å². The third-order valence-electron chi connectivity index (χ3n) is 4.84. The van der Waals surface area contributed by atoms with E-state index in [0.717, 1.165) is 18.1 Å². The lowest BCUT2D eigenvalue weighted by Gasteiger charge is -2.34. The lowest BCUT2D eigenvalue weighted by Crippen LogP contribution is -2.51. The van der Waals surface area contributed by atoms with Crippen LogP contribution < -0.4 is 0 Å². The van der Waals surface area contributed by atoms with E-state index in [1.807, 2.05) is 0 Å². The molecule has 0 N–H and O–H groups in total. The molecule has 2 atom stereocenters. The topological polar surface area (TPSA) is 83.5 Å². The van der Waals surface area contributed by atoms with Crippen molar-refractivity contribution in [2.45, 2.75) is 18.2 Å². The minimum Gasteiger partial charge on any atom is -0.340 e. The number of piperazine rings is 1. The van der Waals surface area contributed by atoms with Crippen molar-refractivity contribution in [3.63, 3.8) is 0 Å². The number of benzene rings is 1. The molecule has 1 aromatic carbocycles. The minimum absolute atomic E-state index is 0.142. The number of carbonyl (C=O) groups is 1. The van der Waals surface area contributed by atoms with Gasteiger partial charge in [0.2, 0.25) is 15.9 Å². The van der Waals surface area contributed by atoms with Gasteiger partial charge in [-0.05, 0) is 24.5 Å². The van der Waals surface area contributed by atoms with Crippen molar-refractivity contribution < 1.29 is 13.2 Å². The molecule has 2 aromatic rings. The zero-order valence-corrected chi connectivity index (χ0v) is 14.9. The lowest BCUT2D eigenvalue weighted by atomic mass is 10.2. The van der Waals surface area contributed by atoms with Crippen LogP contribution in [0.5, 0.6) is 0 Å². The fourth-order valence-corrected chi connectivity index (χ4v) is 5.35. The van der Waals surface area contributed by atoms with E-state index in [1.165, 1.54) is 4.31 Å². The second kappa shape index (κ2) is 5.75. The highest BCUT2D eigenvalue weighted by Crippen LogP contribution is 2.39. The molecule has 4 rings (SSSR count). The molecule has 2 unspecified atom stereocenters. The largest absolute Gasteiger partial charge is 0.340 e. The molecule has 1 saturated heterocycles. The van der Waals surface area contributed by atoms with Crippen molar-refractivity contribution in [2.24, 2.45) is 11.8 Å². The maximum Gasteiger partial charge on any atom is 0.245 e. The number of aromatic nitrogens is 2. The van der Waals surface area contributed by atoms with Crippen LogP contribution in [0.4, 0.5) is 0 Å². The molecule has 9 heteroatoms. The molecule has 1 amide bonds. The molecule has 1 saturated carbocycles. The van der Waals surface area contributed by atoms with Crippen LogP contribution in [-0.4, -0.2) is 58.5 Å². The number of rotatable bonds is 3. The fraction of sp³-hybridized carbons (Fsp3) is 0.533. The van der Waals surface area contributed by atoms with Gasteiger partial charge in [0.25, 0.3) is 0 Å². The smallest absolute Gasteiger partial charge is 0.245 e. The molecule has 0 bridgehead atoms. The summed E-state index contributed by atoms with van der Waals surface area (Å²) in [6, 6.07) is 5.01. The molecule has 1 aliphatic heterocycles. The molecule has 0 spiro atoms. The van der Waals surface area contributed by atoms with Crippen molar-refractivity contribution in [3.8, 4) is 0 Å². The van der Waals surface area contributed by atoms with Gasteiger partial charge in [0.05, 0.1) is 11.7 Å². The summed E-state index contributed by atoms with van der Waals surface area (Å²) in [5.74, 6) is 0.780. The quantitative estimate of drug-likeness (QED) is 0.814. The van der Waals surface area contributed by atoms with Gasteiger partial charge < -0.3 is 4.90 Å². The van der Waals surface area contributed by atoms with Crippen LogP contribution in [0.15, 0.2) is 23.1 Å². The molecule has 24 heavy (non-hydrogen) atoms. The van der Waals surface area contributed by atoms with E-state index in [2.05, 4.69) is 15.7 Å².